The molecule has 176 valence electrons. The topological polar surface area (TPSA) is 111 Å². The minimum Gasteiger partial charge on any atom is -0.508 e. The number of aryl methyl sites for hydroxylation is 1. The van der Waals surface area contributed by atoms with Crippen LogP contribution in [-0.4, -0.2) is 41.0 Å². The summed E-state index contributed by atoms with van der Waals surface area (Å²) in [4.78, 5) is 13.5. The second kappa shape index (κ2) is 9.08. The van der Waals surface area contributed by atoms with Crippen LogP contribution in [-0.2, 0) is 19.0 Å². The third-order valence-electron chi connectivity index (χ3n) is 5.44. The Bertz CT molecular complexity index is 1360. The number of amides is 1. The first-order valence-electron chi connectivity index (χ1n) is 10.5. The van der Waals surface area contributed by atoms with E-state index in [-0.39, 0.29) is 17.4 Å². The van der Waals surface area contributed by atoms with Gasteiger partial charge in [0, 0.05) is 23.2 Å². The molecule has 34 heavy (non-hydrogen) atoms. The van der Waals surface area contributed by atoms with Gasteiger partial charge in [-0.1, -0.05) is 30.1 Å². The van der Waals surface area contributed by atoms with E-state index in [0.29, 0.717) is 33.7 Å². The van der Waals surface area contributed by atoms with E-state index < -0.39 is 5.54 Å². The molecule has 1 amide bonds. The number of carbonyl (C=O) groups excluding carboxylic acids is 1. The van der Waals surface area contributed by atoms with Crippen LogP contribution in [0.5, 0.6) is 5.75 Å². The molecule has 0 bridgehead atoms. The van der Waals surface area contributed by atoms with Gasteiger partial charge in [0.05, 0.1) is 21.9 Å². The second-order valence-corrected chi connectivity index (χ2v) is 9.13. The number of halogens is 2. The average Bonchev–Trinajstić information content (AvgIpc) is 3.38. The molecule has 2 N–H and O–H groups in total. The number of carbonyl (C=O) groups is 1. The van der Waals surface area contributed by atoms with Crippen molar-refractivity contribution in [3.8, 4) is 22.7 Å². The minimum atomic E-state index is -0.860. The summed E-state index contributed by atoms with van der Waals surface area (Å²) in [6.07, 6.45) is 0.524. The lowest BCUT2D eigenvalue weighted by Gasteiger charge is -2.24. The van der Waals surface area contributed by atoms with Crippen LogP contribution in [0.3, 0.4) is 0 Å². The van der Waals surface area contributed by atoms with Gasteiger partial charge in [0.15, 0.2) is 11.5 Å². The first-order chi connectivity index (χ1) is 16.1. The Kier molecular flexibility index (Phi) is 6.33. The number of tetrazole rings is 1. The molecule has 0 radical (unpaired) electrons. The number of aromatic hydroxyl groups is 1. The van der Waals surface area contributed by atoms with Gasteiger partial charge in [0.25, 0.3) is 5.91 Å². The Morgan fingerprint density at radius 2 is 1.85 bits per heavy atom. The monoisotopic (exact) mass is 499 g/mol. The predicted molar refractivity (Wildman–Crippen MR) is 129 cm³/mol. The van der Waals surface area contributed by atoms with Crippen LogP contribution in [0.25, 0.3) is 16.9 Å². The summed E-state index contributed by atoms with van der Waals surface area (Å²) in [5, 5.41) is 29.9. The maximum Gasteiger partial charge on any atom is 0.272 e. The summed E-state index contributed by atoms with van der Waals surface area (Å²) in [5.41, 5.74) is 2.14. The molecule has 2 heterocycles. The van der Waals surface area contributed by atoms with Gasteiger partial charge in [-0.15, -0.1) is 5.10 Å². The fourth-order valence-corrected chi connectivity index (χ4v) is 4.36. The zero-order chi connectivity index (χ0) is 24.6. The molecule has 2 aromatic carbocycles. The highest BCUT2D eigenvalue weighted by Crippen LogP contribution is 2.34. The SMILES string of the molecule is CCc1c(C(=O)NC(C)(C)c2nnnn2C)nn(-c2ccc(Cl)cc2Cl)c1-c1ccc(O)cc1. The van der Waals surface area contributed by atoms with Crippen molar-refractivity contribution in [3.05, 3.63) is 69.6 Å². The van der Waals surface area contributed by atoms with E-state index in [1.54, 1.807) is 54.2 Å². The Morgan fingerprint density at radius 3 is 2.44 bits per heavy atom. The Balaban J connectivity index is 1.87. The van der Waals surface area contributed by atoms with Crippen molar-refractivity contribution in [1.29, 1.82) is 0 Å². The highest BCUT2D eigenvalue weighted by atomic mass is 35.5. The number of hydrogen-bond donors (Lipinski definition) is 2. The molecule has 0 aliphatic rings. The van der Waals surface area contributed by atoms with Gasteiger partial charge >= 0.3 is 0 Å². The highest BCUT2D eigenvalue weighted by Gasteiger charge is 2.32. The molecule has 0 saturated carbocycles. The van der Waals surface area contributed by atoms with Crippen molar-refractivity contribution in [2.24, 2.45) is 7.05 Å². The fourth-order valence-electron chi connectivity index (χ4n) is 3.87. The molecule has 2 aromatic heterocycles. The van der Waals surface area contributed by atoms with Crippen molar-refractivity contribution >= 4 is 29.1 Å². The number of nitrogens with one attached hydrogen (secondary N) is 1. The smallest absolute Gasteiger partial charge is 0.272 e. The van der Waals surface area contributed by atoms with E-state index in [4.69, 9.17) is 23.2 Å². The third-order valence-corrected chi connectivity index (χ3v) is 5.97. The zero-order valence-corrected chi connectivity index (χ0v) is 20.6. The van der Waals surface area contributed by atoms with Crippen molar-refractivity contribution in [1.82, 2.24) is 35.3 Å². The van der Waals surface area contributed by atoms with Crippen molar-refractivity contribution < 1.29 is 9.90 Å². The molecule has 0 aliphatic carbocycles. The summed E-state index contributed by atoms with van der Waals surface area (Å²) >= 11 is 12.6. The van der Waals surface area contributed by atoms with E-state index in [1.165, 1.54) is 4.68 Å². The highest BCUT2D eigenvalue weighted by molar-refractivity contribution is 6.35. The van der Waals surface area contributed by atoms with E-state index in [2.05, 4.69) is 25.9 Å². The molecule has 0 fully saturated rings. The first-order valence-corrected chi connectivity index (χ1v) is 11.3. The van der Waals surface area contributed by atoms with Gasteiger partial charge in [-0.2, -0.15) is 5.10 Å². The molecule has 0 saturated heterocycles. The standard InChI is InChI=1S/C23H23Cl2N7O2/c1-5-16-19(21(34)26-23(2,3)22-27-29-30-31(22)4)28-32(18-11-8-14(24)12-17(18)25)20(16)13-6-9-15(33)10-7-13/h6-12,33H,5H2,1-4H3,(H,26,34). The largest absolute Gasteiger partial charge is 0.508 e. The summed E-state index contributed by atoms with van der Waals surface area (Å²) in [6, 6.07) is 11.8. The number of hydrogen-bond acceptors (Lipinski definition) is 6. The average molecular weight is 500 g/mol. The molecule has 0 spiro atoms. The van der Waals surface area contributed by atoms with Crippen molar-refractivity contribution in [2.45, 2.75) is 32.7 Å². The normalized spacial score (nSPS) is 11.6. The van der Waals surface area contributed by atoms with Gasteiger partial charge in [-0.3, -0.25) is 4.79 Å². The van der Waals surface area contributed by atoms with Crippen LogP contribution in [0.2, 0.25) is 10.0 Å². The molecular weight excluding hydrogens is 477 g/mol. The van der Waals surface area contributed by atoms with E-state index in [9.17, 15) is 9.90 Å². The summed E-state index contributed by atoms with van der Waals surface area (Å²) in [6.45, 7) is 5.58. The molecular formula is C23H23Cl2N7O2. The van der Waals surface area contributed by atoms with Crippen LogP contribution in [0.4, 0.5) is 0 Å². The van der Waals surface area contributed by atoms with Gasteiger partial charge < -0.3 is 10.4 Å². The summed E-state index contributed by atoms with van der Waals surface area (Å²) < 4.78 is 3.14. The molecule has 9 nitrogen and oxygen atoms in total. The first kappa shape index (κ1) is 23.7. The molecule has 4 aromatic rings. The van der Waals surface area contributed by atoms with Gasteiger partial charge in [-0.05, 0) is 73.2 Å². The molecule has 0 aliphatic heterocycles. The number of phenolic OH excluding ortho intramolecular Hbond substituents is 1. The quantitative estimate of drug-likeness (QED) is 0.409. The number of phenols is 1. The van der Waals surface area contributed by atoms with E-state index in [0.717, 1.165) is 11.1 Å². The van der Waals surface area contributed by atoms with Crippen LogP contribution in [0.1, 0.15) is 42.6 Å². The maximum absolute atomic E-state index is 13.5. The lowest BCUT2D eigenvalue weighted by atomic mass is 10.0. The number of benzene rings is 2. The fraction of sp³-hybridized carbons (Fsp3) is 0.261. The lowest BCUT2D eigenvalue weighted by Crippen LogP contribution is -2.43. The molecule has 0 atom stereocenters. The van der Waals surface area contributed by atoms with Gasteiger partial charge in [0.1, 0.15) is 5.75 Å². The maximum atomic E-state index is 13.5. The number of aromatic nitrogens is 6. The lowest BCUT2D eigenvalue weighted by molar-refractivity contribution is 0.0900. The third kappa shape index (κ3) is 4.36. The van der Waals surface area contributed by atoms with Crippen molar-refractivity contribution in [3.63, 3.8) is 0 Å². The minimum absolute atomic E-state index is 0.134. The van der Waals surface area contributed by atoms with Crippen LogP contribution in [0.15, 0.2) is 42.5 Å². The van der Waals surface area contributed by atoms with Crippen LogP contribution < -0.4 is 5.32 Å². The van der Waals surface area contributed by atoms with Gasteiger partial charge in [0.2, 0.25) is 0 Å². The second-order valence-electron chi connectivity index (χ2n) is 8.29. The summed E-state index contributed by atoms with van der Waals surface area (Å²) in [7, 11) is 1.71. The van der Waals surface area contributed by atoms with Crippen molar-refractivity contribution in [2.75, 3.05) is 0 Å². The molecule has 11 heteroatoms. The number of nitrogens with zero attached hydrogens (tertiary/aromatic N) is 6. The van der Waals surface area contributed by atoms with Crippen LogP contribution in [0, 0.1) is 0 Å². The Labute approximate surface area is 206 Å². The molecule has 4 rings (SSSR count). The van der Waals surface area contributed by atoms with Crippen LogP contribution >= 0.6 is 23.2 Å². The Morgan fingerprint density at radius 1 is 1.15 bits per heavy atom. The predicted octanol–water partition coefficient (Wildman–Crippen LogP) is 4.30. The molecule has 0 unspecified atom stereocenters. The Hall–Kier alpha value is -3.43. The zero-order valence-electron chi connectivity index (χ0n) is 19.0. The summed E-state index contributed by atoms with van der Waals surface area (Å²) in [5.74, 6) is 0.251. The van der Waals surface area contributed by atoms with Gasteiger partial charge in [-0.25, -0.2) is 9.36 Å². The van der Waals surface area contributed by atoms with E-state index in [1.807, 2.05) is 20.8 Å². The van der Waals surface area contributed by atoms with E-state index >= 15 is 0 Å². The number of rotatable bonds is 6.